The van der Waals surface area contributed by atoms with Gasteiger partial charge in [-0.3, -0.25) is 4.90 Å². The maximum Gasteiger partial charge on any atom is 0.341 e. The van der Waals surface area contributed by atoms with Crippen molar-refractivity contribution in [2.75, 3.05) is 13.7 Å². The van der Waals surface area contributed by atoms with E-state index in [4.69, 9.17) is 9.72 Å². The molecule has 0 radical (unpaired) electrons. The predicted octanol–water partition coefficient (Wildman–Crippen LogP) is 6.42. The summed E-state index contributed by atoms with van der Waals surface area (Å²) in [4.78, 5) is 19.5. The number of hydrogen-bond acceptors (Lipinski definition) is 5. The minimum atomic E-state index is -0.515. The zero-order valence-corrected chi connectivity index (χ0v) is 21.7. The lowest BCUT2D eigenvalue weighted by atomic mass is 9.89. The fourth-order valence-corrected chi connectivity index (χ4v) is 5.28. The van der Waals surface area contributed by atoms with Crippen molar-refractivity contribution in [1.82, 2.24) is 14.5 Å². The summed E-state index contributed by atoms with van der Waals surface area (Å²) in [6.45, 7) is 5.65. The Morgan fingerprint density at radius 1 is 1.11 bits per heavy atom. The minimum Gasteiger partial charge on any atom is -0.507 e. The SMILES string of the molecule is CCCCn1c(CN(Cc2ccc(O)c(C(=O)OC)c2)CC2CCCCC2)cnc1-c1ccccc1. The van der Waals surface area contributed by atoms with E-state index < -0.39 is 5.97 Å². The van der Waals surface area contributed by atoms with Crippen molar-refractivity contribution in [3.8, 4) is 17.1 Å². The zero-order chi connectivity index (χ0) is 25.3. The molecule has 1 fully saturated rings. The summed E-state index contributed by atoms with van der Waals surface area (Å²) < 4.78 is 7.25. The third-order valence-electron chi connectivity index (χ3n) is 7.20. The van der Waals surface area contributed by atoms with Crippen LogP contribution in [0.5, 0.6) is 5.75 Å². The van der Waals surface area contributed by atoms with E-state index in [0.29, 0.717) is 12.5 Å². The Morgan fingerprint density at radius 2 is 1.89 bits per heavy atom. The lowest BCUT2D eigenvalue weighted by Crippen LogP contribution is -2.31. The highest BCUT2D eigenvalue weighted by Crippen LogP contribution is 2.28. The van der Waals surface area contributed by atoms with Gasteiger partial charge in [0.25, 0.3) is 0 Å². The summed E-state index contributed by atoms with van der Waals surface area (Å²) in [7, 11) is 1.34. The van der Waals surface area contributed by atoms with Crippen molar-refractivity contribution in [1.29, 1.82) is 0 Å². The molecule has 1 heterocycles. The fourth-order valence-electron chi connectivity index (χ4n) is 5.28. The van der Waals surface area contributed by atoms with Crippen LogP contribution in [0.4, 0.5) is 0 Å². The highest BCUT2D eigenvalue weighted by atomic mass is 16.5. The number of aromatic hydroxyl groups is 1. The molecule has 192 valence electrons. The first kappa shape index (κ1) is 26.0. The summed E-state index contributed by atoms with van der Waals surface area (Å²) in [5.41, 5.74) is 3.56. The van der Waals surface area contributed by atoms with E-state index in [-0.39, 0.29) is 11.3 Å². The molecule has 0 spiro atoms. The molecule has 0 saturated heterocycles. The summed E-state index contributed by atoms with van der Waals surface area (Å²) >= 11 is 0. The number of unbranched alkanes of at least 4 members (excludes halogenated alkanes) is 1. The molecule has 1 aliphatic carbocycles. The number of carbonyl (C=O) groups excluding carboxylic acids is 1. The Labute approximate surface area is 214 Å². The van der Waals surface area contributed by atoms with E-state index in [9.17, 15) is 9.90 Å². The van der Waals surface area contributed by atoms with Gasteiger partial charge in [-0.15, -0.1) is 0 Å². The highest BCUT2D eigenvalue weighted by Gasteiger charge is 2.21. The number of rotatable bonds is 11. The standard InChI is InChI=1S/C30H39N3O3/c1-3-4-17-33-26(19-31-29(33)25-13-9-6-10-14-25)22-32(20-23-11-7-5-8-12-23)21-24-15-16-28(34)27(18-24)30(35)36-2/h6,9-10,13-16,18-19,23,34H,3-5,7-8,11-12,17,20-22H2,1-2H3. The van der Waals surface area contributed by atoms with Crippen LogP contribution >= 0.6 is 0 Å². The summed E-state index contributed by atoms with van der Waals surface area (Å²) in [5, 5.41) is 10.2. The van der Waals surface area contributed by atoms with Crippen molar-refractivity contribution in [3.63, 3.8) is 0 Å². The molecule has 4 rings (SSSR count). The number of nitrogens with zero attached hydrogens (tertiary/aromatic N) is 3. The lowest BCUT2D eigenvalue weighted by Gasteiger charge is -2.30. The van der Waals surface area contributed by atoms with Crippen LogP contribution in [0.15, 0.2) is 54.7 Å². The fraction of sp³-hybridized carbons (Fsp3) is 0.467. The second kappa shape index (κ2) is 12.7. The largest absolute Gasteiger partial charge is 0.507 e. The average Bonchev–Trinajstić information content (AvgIpc) is 3.31. The number of hydrogen-bond donors (Lipinski definition) is 1. The van der Waals surface area contributed by atoms with Gasteiger partial charge in [-0.1, -0.05) is 69.0 Å². The molecule has 1 aliphatic rings. The molecule has 0 bridgehead atoms. The normalized spacial score (nSPS) is 14.3. The molecule has 1 aromatic heterocycles. The molecule has 2 aromatic carbocycles. The van der Waals surface area contributed by atoms with Gasteiger partial charge in [0.15, 0.2) is 0 Å². The monoisotopic (exact) mass is 489 g/mol. The number of aromatic nitrogens is 2. The number of benzene rings is 2. The third-order valence-corrected chi connectivity index (χ3v) is 7.20. The molecule has 0 atom stereocenters. The predicted molar refractivity (Wildman–Crippen MR) is 143 cm³/mol. The molecule has 0 amide bonds. The number of ether oxygens (including phenoxy) is 1. The van der Waals surface area contributed by atoms with Crippen molar-refractivity contribution in [2.45, 2.75) is 71.5 Å². The number of imidazole rings is 1. The second-order valence-electron chi connectivity index (χ2n) is 9.96. The maximum atomic E-state index is 12.2. The van der Waals surface area contributed by atoms with Gasteiger partial charge >= 0.3 is 5.97 Å². The van der Waals surface area contributed by atoms with E-state index in [0.717, 1.165) is 49.4 Å². The number of carbonyl (C=O) groups is 1. The first-order valence-corrected chi connectivity index (χ1v) is 13.3. The first-order valence-electron chi connectivity index (χ1n) is 13.3. The van der Waals surface area contributed by atoms with Gasteiger partial charge in [-0.2, -0.15) is 0 Å². The topological polar surface area (TPSA) is 67.6 Å². The molecular weight excluding hydrogens is 450 g/mol. The number of esters is 1. The Kier molecular flexibility index (Phi) is 9.17. The zero-order valence-electron chi connectivity index (χ0n) is 21.7. The van der Waals surface area contributed by atoms with Crippen LogP contribution in [-0.2, 0) is 24.4 Å². The molecule has 1 N–H and O–H groups in total. The van der Waals surface area contributed by atoms with Crippen LogP contribution in [0.3, 0.4) is 0 Å². The lowest BCUT2D eigenvalue weighted by molar-refractivity contribution is 0.0597. The van der Waals surface area contributed by atoms with Gasteiger partial charge in [0.05, 0.1) is 19.0 Å². The average molecular weight is 490 g/mol. The Balaban J connectivity index is 1.62. The van der Waals surface area contributed by atoms with Crippen molar-refractivity contribution in [2.24, 2.45) is 5.92 Å². The Morgan fingerprint density at radius 3 is 2.61 bits per heavy atom. The van der Waals surface area contributed by atoms with Crippen LogP contribution in [0.2, 0.25) is 0 Å². The molecule has 0 unspecified atom stereocenters. The molecule has 6 nitrogen and oxygen atoms in total. The number of phenols is 1. The van der Waals surface area contributed by atoms with Crippen LogP contribution in [0.1, 0.15) is 73.5 Å². The van der Waals surface area contributed by atoms with Crippen LogP contribution in [0, 0.1) is 5.92 Å². The number of phenolic OH excluding ortho intramolecular Hbond substituents is 1. The van der Waals surface area contributed by atoms with E-state index in [1.54, 1.807) is 12.1 Å². The van der Waals surface area contributed by atoms with Crippen molar-refractivity contribution >= 4 is 5.97 Å². The third kappa shape index (κ3) is 6.55. The molecule has 1 saturated carbocycles. The molecule has 6 heteroatoms. The van der Waals surface area contributed by atoms with Gasteiger partial charge in [0.2, 0.25) is 0 Å². The van der Waals surface area contributed by atoms with Gasteiger partial charge in [0, 0.05) is 31.7 Å². The summed E-state index contributed by atoms with van der Waals surface area (Å²) in [6, 6.07) is 15.7. The van der Waals surface area contributed by atoms with Gasteiger partial charge in [0.1, 0.15) is 17.1 Å². The quantitative estimate of drug-likeness (QED) is 0.315. The maximum absolute atomic E-state index is 12.2. The Hall–Kier alpha value is -3.12. The van der Waals surface area contributed by atoms with Gasteiger partial charge in [-0.25, -0.2) is 9.78 Å². The van der Waals surface area contributed by atoms with E-state index in [1.165, 1.54) is 44.9 Å². The Bertz CT molecular complexity index is 1120. The summed E-state index contributed by atoms with van der Waals surface area (Å²) in [6.07, 6.45) is 10.7. The number of methoxy groups -OCH3 is 1. The van der Waals surface area contributed by atoms with Crippen molar-refractivity contribution in [3.05, 3.63) is 71.5 Å². The van der Waals surface area contributed by atoms with Crippen LogP contribution in [-0.4, -0.2) is 39.2 Å². The molecular formula is C30H39N3O3. The molecule has 36 heavy (non-hydrogen) atoms. The molecule has 3 aromatic rings. The smallest absolute Gasteiger partial charge is 0.341 e. The van der Waals surface area contributed by atoms with Crippen molar-refractivity contribution < 1.29 is 14.6 Å². The first-order chi connectivity index (χ1) is 17.6. The van der Waals surface area contributed by atoms with Crippen LogP contribution < -0.4 is 0 Å². The van der Waals surface area contributed by atoms with Gasteiger partial charge in [-0.05, 0) is 42.9 Å². The highest BCUT2D eigenvalue weighted by molar-refractivity contribution is 5.92. The second-order valence-corrected chi connectivity index (χ2v) is 9.96. The molecule has 0 aliphatic heterocycles. The summed E-state index contributed by atoms with van der Waals surface area (Å²) in [5.74, 6) is 1.14. The minimum absolute atomic E-state index is 0.0467. The van der Waals surface area contributed by atoms with E-state index >= 15 is 0 Å². The van der Waals surface area contributed by atoms with E-state index in [1.807, 2.05) is 18.3 Å². The van der Waals surface area contributed by atoms with Gasteiger partial charge < -0.3 is 14.4 Å². The van der Waals surface area contributed by atoms with E-state index in [2.05, 4.69) is 40.7 Å². The van der Waals surface area contributed by atoms with Crippen LogP contribution in [0.25, 0.3) is 11.4 Å².